The minimum atomic E-state index is -4.91. The fourth-order valence-electron chi connectivity index (χ4n) is 3.47. The highest BCUT2D eigenvalue weighted by Gasteiger charge is 2.38. The molecule has 11 nitrogen and oxygen atoms in total. The molecule has 4 aromatic rings. The third-order valence-electron chi connectivity index (χ3n) is 5.10. The molecule has 0 unspecified atom stereocenters. The Labute approximate surface area is 218 Å². The Bertz CT molecular complexity index is 1580. The van der Waals surface area contributed by atoms with Crippen LogP contribution in [-0.2, 0) is 18.9 Å². The van der Waals surface area contributed by atoms with E-state index in [0.717, 1.165) is 18.3 Å². The van der Waals surface area contributed by atoms with Gasteiger partial charge in [0.15, 0.2) is 5.82 Å². The predicted molar refractivity (Wildman–Crippen MR) is 121 cm³/mol. The number of nitrogens with one attached hydrogen (secondary N) is 1. The minimum absolute atomic E-state index is 0.0731. The van der Waals surface area contributed by atoms with Crippen LogP contribution in [0, 0.1) is 6.92 Å². The Balaban J connectivity index is 1.81. The molecule has 0 aliphatic heterocycles. The summed E-state index contributed by atoms with van der Waals surface area (Å²) in [6.45, 7) is 0.892. The summed E-state index contributed by atoms with van der Waals surface area (Å²) in [5.74, 6) is -4.36. The average molecular weight is 574 g/mol. The molecule has 0 aliphatic rings. The molecule has 1 aromatic carbocycles. The molecule has 0 spiro atoms. The lowest BCUT2D eigenvalue weighted by Gasteiger charge is -2.15. The minimum Gasteiger partial charge on any atom is -0.366 e. The number of hydrogen-bond acceptors (Lipinski definition) is 7. The van der Waals surface area contributed by atoms with Crippen LogP contribution in [0.25, 0.3) is 5.82 Å². The molecule has 0 saturated carbocycles. The summed E-state index contributed by atoms with van der Waals surface area (Å²) in [6.07, 6.45) is -8.78. The number of tetrazole rings is 1. The molecular weight excluding hydrogens is 560 g/mol. The van der Waals surface area contributed by atoms with Crippen LogP contribution in [0.3, 0.4) is 0 Å². The van der Waals surface area contributed by atoms with Gasteiger partial charge in [-0.25, -0.2) is 9.67 Å². The van der Waals surface area contributed by atoms with Crippen LogP contribution in [0.15, 0.2) is 36.5 Å². The summed E-state index contributed by atoms with van der Waals surface area (Å²) in [6, 6.07) is 5.31. The van der Waals surface area contributed by atoms with Crippen molar-refractivity contribution in [3.05, 3.63) is 75.5 Å². The molecule has 0 radical (unpaired) electrons. The van der Waals surface area contributed by atoms with Gasteiger partial charge in [-0.3, -0.25) is 9.59 Å². The van der Waals surface area contributed by atoms with Gasteiger partial charge in [0.2, 0.25) is 0 Å². The zero-order valence-electron chi connectivity index (χ0n) is 19.3. The number of carbonyl (C=O) groups is 2. The number of pyridine rings is 1. The fraction of sp³-hybridized carbons (Fsp3) is 0.190. The van der Waals surface area contributed by atoms with Crippen LogP contribution in [-0.4, -0.2) is 46.8 Å². The number of rotatable bonds is 6. The predicted octanol–water partition coefficient (Wildman–Crippen LogP) is 3.65. The van der Waals surface area contributed by atoms with Crippen LogP contribution >= 0.6 is 11.6 Å². The summed E-state index contributed by atoms with van der Waals surface area (Å²) < 4.78 is 80.3. The Morgan fingerprint density at radius 1 is 1.08 bits per heavy atom. The van der Waals surface area contributed by atoms with Crippen molar-refractivity contribution >= 4 is 29.1 Å². The van der Waals surface area contributed by atoms with Crippen molar-refractivity contribution < 1.29 is 35.9 Å². The van der Waals surface area contributed by atoms with Gasteiger partial charge in [0.1, 0.15) is 17.8 Å². The van der Waals surface area contributed by atoms with Crippen molar-refractivity contribution in [2.75, 3.05) is 5.32 Å². The Hall–Kier alpha value is -4.54. The summed E-state index contributed by atoms with van der Waals surface area (Å²) in [7, 11) is 0. The summed E-state index contributed by atoms with van der Waals surface area (Å²) >= 11 is 5.96. The van der Waals surface area contributed by atoms with Gasteiger partial charge >= 0.3 is 12.4 Å². The van der Waals surface area contributed by atoms with E-state index in [1.165, 1.54) is 19.1 Å². The molecule has 0 aliphatic carbocycles. The molecule has 3 heterocycles. The van der Waals surface area contributed by atoms with Crippen molar-refractivity contribution in [1.29, 1.82) is 0 Å². The van der Waals surface area contributed by atoms with Crippen LogP contribution in [0.5, 0.6) is 0 Å². The van der Waals surface area contributed by atoms with Crippen molar-refractivity contribution in [1.82, 2.24) is 35.0 Å². The molecule has 18 heteroatoms. The van der Waals surface area contributed by atoms with Gasteiger partial charge in [0.25, 0.3) is 17.6 Å². The standard InChI is InChI=1S/C21H14ClF6N9O2/c1-9-5-10(22)6-12(16(29)38)15(9)31-18(39)14-7-11(8-36-34-19(32-35-36)21(26,27)28)33-37(14)17-13(20(23,24)25)3-2-4-30-17/h2-7H,8H2,1H3,(H2,29,38)(H,31,39). The highest BCUT2D eigenvalue weighted by molar-refractivity contribution is 6.31. The Morgan fingerprint density at radius 3 is 2.41 bits per heavy atom. The van der Waals surface area contributed by atoms with Crippen LogP contribution in [0.4, 0.5) is 32.0 Å². The lowest BCUT2D eigenvalue weighted by atomic mass is 10.1. The number of anilines is 1. The van der Waals surface area contributed by atoms with Gasteiger partial charge in [0.05, 0.1) is 16.9 Å². The van der Waals surface area contributed by atoms with Crippen LogP contribution in [0.2, 0.25) is 5.02 Å². The molecular formula is C21H14ClF6N9O2. The number of nitrogens with zero attached hydrogens (tertiary/aromatic N) is 7. The number of hydrogen-bond donors (Lipinski definition) is 2. The van der Waals surface area contributed by atoms with Crippen LogP contribution in [0.1, 0.15) is 43.5 Å². The van der Waals surface area contributed by atoms with Gasteiger partial charge in [0, 0.05) is 11.2 Å². The largest absolute Gasteiger partial charge is 0.455 e. The number of nitrogens with two attached hydrogens (primary N) is 1. The van der Waals surface area contributed by atoms with E-state index in [2.05, 4.69) is 30.8 Å². The summed E-state index contributed by atoms with van der Waals surface area (Å²) in [5.41, 5.74) is 3.43. The second kappa shape index (κ2) is 9.97. The van der Waals surface area contributed by atoms with Gasteiger partial charge in [-0.15, -0.1) is 10.2 Å². The second-order valence-corrected chi connectivity index (χ2v) is 8.35. The second-order valence-electron chi connectivity index (χ2n) is 7.91. The van der Waals surface area contributed by atoms with E-state index < -0.39 is 53.6 Å². The quantitative estimate of drug-likeness (QED) is 0.335. The molecule has 39 heavy (non-hydrogen) atoms. The van der Waals surface area contributed by atoms with E-state index in [0.29, 0.717) is 21.1 Å². The maximum Gasteiger partial charge on any atom is 0.455 e. The maximum absolute atomic E-state index is 13.7. The Kier molecular flexibility index (Phi) is 7.03. The molecule has 2 amide bonds. The molecule has 3 N–H and O–H groups in total. The first-order valence-corrected chi connectivity index (χ1v) is 10.9. The molecule has 0 bridgehead atoms. The number of aromatic nitrogens is 7. The number of primary amides is 1. The van der Waals surface area contributed by atoms with Gasteiger partial charge in [-0.2, -0.15) is 36.2 Å². The first-order chi connectivity index (χ1) is 18.1. The molecule has 4 rings (SSSR count). The number of alkyl halides is 6. The lowest BCUT2D eigenvalue weighted by Crippen LogP contribution is -2.23. The van der Waals surface area contributed by atoms with E-state index in [4.69, 9.17) is 17.3 Å². The highest BCUT2D eigenvalue weighted by Crippen LogP contribution is 2.33. The normalized spacial score (nSPS) is 12.0. The topological polar surface area (TPSA) is 146 Å². The van der Waals surface area contributed by atoms with E-state index in [-0.39, 0.29) is 22.0 Å². The smallest absolute Gasteiger partial charge is 0.366 e. The molecule has 0 saturated heterocycles. The maximum atomic E-state index is 13.7. The third kappa shape index (κ3) is 5.82. The highest BCUT2D eigenvalue weighted by atomic mass is 35.5. The zero-order valence-corrected chi connectivity index (χ0v) is 20.1. The Morgan fingerprint density at radius 2 is 1.79 bits per heavy atom. The molecule has 3 aromatic heterocycles. The first kappa shape index (κ1) is 27.5. The van der Waals surface area contributed by atoms with E-state index in [1.807, 2.05) is 0 Å². The SMILES string of the molecule is Cc1cc(Cl)cc(C(N)=O)c1NC(=O)c1cc(Cn2nnc(C(F)(F)F)n2)nn1-c1ncccc1C(F)(F)F. The van der Waals surface area contributed by atoms with Gasteiger partial charge in [-0.1, -0.05) is 11.6 Å². The lowest BCUT2D eigenvalue weighted by molar-refractivity contribution is -0.145. The van der Waals surface area contributed by atoms with E-state index >= 15 is 0 Å². The number of amides is 2. The number of carbonyl (C=O) groups excluding carboxylic acids is 2. The van der Waals surface area contributed by atoms with E-state index in [1.54, 1.807) is 0 Å². The number of benzene rings is 1. The van der Waals surface area contributed by atoms with E-state index in [9.17, 15) is 35.9 Å². The monoisotopic (exact) mass is 573 g/mol. The van der Waals surface area contributed by atoms with Gasteiger partial charge < -0.3 is 11.1 Å². The van der Waals surface area contributed by atoms with Crippen molar-refractivity contribution in [3.63, 3.8) is 0 Å². The van der Waals surface area contributed by atoms with Crippen LogP contribution < -0.4 is 11.1 Å². The zero-order chi connectivity index (χ0) is 28.7. The fourth-order valence-corrected chi connectivity index (χ4v) is 3.74. The molecule has 0 atom stereocenters. The summed E-state index contributed by atoms with van der Waals surface area (Å²) in [4.78, 5) is 29.4. The van der Waals surface area contributed by atoms with Gasteiger partial charge in [-0.05, 0) is 48.0 Å². The van der Waals surface area contributed by atoms with Crippen molar-refractivity contribution in [2.45, 2.75) is 25.8 Å². The van der Waals surface area contributed by atoms with Crippen molar-refractivity contribution in [2.24, 2.45) is 5.73 Å². The summed E-state index contributed by atoms with van der Waals surface area (Å²) in [5, 5.41) is 15.8. The molecule has 204 valence electrons. The van der Waals surface area contributed by atoms with Crippen molar-refractivity contribution in [3.8, 4) is 5.82 Å². The third-order valence-corrected chi connectivity index (χ3v) is 5.32. The number of aryl methyl sites for hydroxylation is 1. The average Bonchev–Trinajstić information content (AvgIpc) is 3.47. The molecule has 0 fully saturated rings. The first-order valence-electron chi connectivity index (χ1n) is 10.5. The number of halogens is 7.